The third-order valence-electron chi connectivity index (χ3n) is 3.48. The molecule has 2 heterocycles. The first-order chi connectivity index (χ1) is 9.34. The molecule has 0 atom stereocenters. The van der Waals surface area contributed by atoms with E-state index in [9.17, 15) is 0 Å². The van der Waals surface area contributed by atoms with E-state index in [1.165, 1.54) is 24.2 Å². The first kappa shape index (κ1) is 12.6. The van der Waals surface area contributed by atoms with Crippen molar-refractivity contribution >= 4 is 27.3 Å². The molecule has 2 aromatic rings. The van der Waals surface area contributed by atoms with Gasteiger partial charge >= 0.3 is 0 Å². The maximum Gasteiger partial charge on any atom is 0.136 e. The minimum atomic E-state index is 0.693. The summed E-state index contributed by atoms with van der Waals surface area (Å²) in [6.45, 7) is 3.00. The molecule has 0 aliphatic carbocycles. The van der Waals surface area contributed by atoms with Gasteiger partial charge in [-0.05, 0) is 47.0 Å². The maximum atomic E-state index is 5.43. The average Bonchev–Trinajstić information content (AvgIpc) is 3.08. The van der Waals surface area contributed by atoms with Crippen molar-refractivity contribution in [2.75, 3.05) is 23.3 Å². The number of anilines is 2. The Labute approximate surface area is 121 Å². The highest BCUT2D eigenvalue weighted by atomic mass is 79.9. The zero-order valence-corrected chi connectivity index (χ0v) is 12.3. The molecule has 1 aromatic heterocycles. The van der Waals surface area contributed by atoms with Crippen LogP contribution in [0.2, 0.25) is 0 Å². The monoisotopic (exact) mass is 320 g/mol. The van der Waals surface area contributed by atoms with Gasteiger partial charge in [-0.15, -0.1) is 0 Å². The van der Waals surface area contributed by atoms with Gasteiger partial charge < -0.3 is 14.6 Å². The fourth-order valence-corrected chi connectivity index (χ4v) is 2.83. The van der Waals surface area contributed by atoms with Crippen molar-refractivity contribution in [1.82, 2.24) is 0 Å². The summed E-state index contributed by atoms with van der Waals surface area (Å²) in [5.74, 6) is 0.927. The zero-order chi connectivity index (χ0) is 13.1. The Bertz CT molecular complexity index is 547. The van der Waals surface area contributed by atoms with E-state index in [1.807, 2.05) is 6.07 Å². The maximum absolute atomic E-state index is 5.43. The molecule has 0 unspecified atom stereocenters. The van der Waals surface area contributed by atoms with E-state index in [1.54, 1.807) is 6.26 Å². The van der Waals surface area contributed by atoms with Gasteiger partial charge in [-0.25, -0.2) is 0 Å². The zero-order valence-electron chi connectivity index (χ0n) is 10.7. The number of nitrogens with zero attached hydrogens (tertiary/aromatic N) is 1. The van der Waals surface area contributed by atoms with Crippen molar-refractivity contribution in [2.45, 2.75) is 19.4 Å². The van der Waals surface area contributed by atoms with Crippen molar-refractivity contribution in [3.8, 4) is 0 Å². The average molecular weight is 321 g/mol. The molecule has 1 saturated heterocycles. The van der Waals surface area contributed by atoms with Gasteiger partial charge in [0.25, 0.3) is 0 Å². The molecule has 19 heavy (non-hydrogen) atoms. The Morgan fingerprint density at radius 1 is 1.16 bits per heavy atom. The lowest BCUT2D eigenvalue weighted by molar-refractivity contribution is 0.516. The third-order valence-corrected chi connectivity index (χ3v) is 4.19. The SMILES string of the molecule is Brc1ccoc1CNc1ccccc1N1CCCC1. The summed E-state index contributed by atoms with van der Waals surface area (Å²) in [4.78, 5) is 2.44. The summed E-state index contributed by atoms with van der Waals surface area (Å²) in [5, 5.41) is 3.47. The molecule has 1 fully saturated rings. The molecule has 1 aromatic carbocycles. The summed E-state index contributed by atoms with van der Waals surface area (Å²) in [6.07, 6.45) is 4.28. The van der Waals surface area contributed by atoms with Crippen LogP contribution in [0.1, 0.15) is 18.6 Å². The number of hydrogen-bond acceptors (Lipinski definition) is 3. The van der Waals surface area contributed by atoms with E-state index in [0.717, 1.165) is 23.3 Å². The Morgan fingerprint density at radius 3 is 2.68 bits per heavy atom. The lowest BCUT2D eigenvalue weighted by Gasteiger charge is -2.21. The summed E-state index contributed by atoms with van der Waals surface area (Å²) >= 11 is 3.48. The standard InChI is InChI=1S/C15H17BrN2O/c16-12-7-10-19-15(12)11-17-13-5-1-2-6-14(13)18-8-3-4-9-18/h1-2,5-7,10,17H,3-4,8-9,11H2. The second kappa shape index (κ2) is 5.70. The van der Waals surface area contributed by atoms with Crippen LogP contribution in [0, 0.1) is 0 Å². The second-order valence-electron chi connectivity index (χ2n) is 4.76. The van der Waals surface area contributed by atoms with E-state index >= 15 is 0 Å². The molecule has 0 saturated carbocycles. The topological polar surface area (TPSA) is 28.4 Å². The molecule has 3 rings (SSSR count). The van der Waals surface area contributed by atoms with Gasteiger partial charge in [0, 0.05) is 13.1 Å². The first-order valence-corrected chi connectivity index (χ1v) is 7.43. The molecule has 1 aliphatic rings. The largest absolute Gasteiger partial charge is 0.466 e. The van der Waals surface area contributed by atoms with E-state index in [4.69, 9.17) is 4.42 Å². The highest BCUT2D eigenvalue weighted by Crippen LogP contribution is 2.29. The number of hydrogen-bond donors (Lipinski definition) is 1. The molecule has 1 N–H and O–H groups in total. The Kier molecular flexibility index (Phi) is 3.78. The molecular formula is C15H17BrN2O. The van der Waals surface area contributed by atoms with Crippen molar-refractivity contribution in [3.63, 3.8) is 0 Å². The predicted molar refractivity (Wildman–Crippen MR) is 81.6 cm³/mol. The van der Waals surface area contributed by atoms with Crippen molar-refractivity contribution in [3.05, 3.63) is 46.8 Å². The molecule has 4 heteroatoms. The van der Waals surface area contributed by atoms with Crippen LogP contribution < -0.4 is 10.2 Å². The normalized spacial score (nSPS) is 14.9. The summed E-state index contributed by atoms with van der Waals surface area (Å²) in [6, 6.07) is 10.4. The van der Waals surface area contributed by atoms with E-state index in [0.29, 0.717) is 6.54 Å². The van der Waals surface area contributed by atoms with Crippen LogP contribution in [0.4, 0.5) is 11.4 Å². The Morgan fingerprint density at radius 2 is 1.95 bits per heavy atom. The lowest BCUT2D eigenvalue weighted by atomic mass is 10.2. The highest BCUT2D eigenvalue weighted by Gasteiger charge is 2.15. The Balaban J connectivity index is 1.75. The molecular weight excluding hydrogens is 304 g/mol. The molecule has 0 radical (unpaired) electrons. The quantitative estimate of drug-likeness (QED) is 0.912. The van der Waals surface area contributed by atoms with Gasteiger partial charge in [0.1, 0.15) is 5.76 Å². The van der Waals surface area contributed by atoms with E-state index < -0.39 is 0 Å². The summed E-state index contributed by atoms with van der Waals surface area (Å²) in [7, 11) is 0. The fourth-order valence-electron chi connectivity index (χ4n) is 2.48. The van der Waals surface area contributed by atoms with E-state index in [2.05, 4.69) is 50.4 Å². The lowest BCUT2D eigenvalue weighted by Crippen LogP contribution is -2.19. The minimum Gasteiger partial charge on any atom is -0.466 e. The molecule has 0 bridgehead atoms. The van der Waals surface area contributed by atoms with Crippen LogP contribution in [-0.2, 0) is 6.54 Å². The van der Waals surface area contributed by atoms with Crippen LogP contribution in [-0.4, -0.2) is 13.1 Å². The number of nitrogens with one attached hydrogen (secondary N) is 1. The van der Waals surface area contributed by atoms with Crippen LogP contribution >= 0.6 is 15.9 Å². The number of rotatable bonds is 4. The molecule has 0 amide bonds. The number of halogens is 1. The molecule has 1 aliphatic heterocycles. The molecule has 0 spiro atoms. The van der Waals surface area contributed by atoms with Crippen LogP contribution in [0.3, 0.4) is 0 Å². The minimum absolute atomic E-state index is 0.693. The fraction of sp³-hybridized carbons (Fsp3) is 0.333. The summed E-state index contributed by atoms with van der Waals surface area (Å²) in [5.41, 5.74) is 2.47. The second-order valence-corrected chi connectivity index (χ2v) is 5.61. The predicted octanol–water partition coefficient (Wildman–Crippen LogP) is 4.25. The van der Waals surface area contributed by atoms with Gasteiger partial charge in [-0.2, -0.15) is 0 Å². The van der Waals surface area contributed by atoms with Crippen molar-refractivity contribution < 1.29 is 4.42 Å². The van der Waals surface area contributed by atoms with Crippen LogP contribution in [0.5, 0.6) is 0 Å². The number of para-hydroxylation sites is 2. The first-order valence-electron chi connectivity index (χ1n) is 6.64. The van der Waals surface area contributed by atoms with Gasteiger partial charge in [0.2, 0.25) is 0 Å². The van der Waals surface area contributed by atoms with E-state index in [-0.39, 0.29) is 0 Å². The smallest absolute Gasteiger partial charge is 0.136 e. The Hall–Kier alpha value is -1.42. The molecule has 3 nitrogen and oxygen atoms in total. The van der Waals surface area contributed by atoms with Gasteiger partial charge in [0.05, 0.1) is 28.7 Å². The van der Waals surface area contributed by atoms with Crippen molar-refractivity contribution in [1.29, 1.82) is 0 Å². The number of benzene rings is 1. The third kappa shape index (κ3) is 2.78. The van der Waals surface area contributed by atoms with Gasteiger partial charge in [-0.3, -0.25) is 0 Å². The van der Waals surface area contributed by atoms with Crippen LogP contribution in [0.15, 0.2) is 45.5 Å². The molecule has 100 valence electrons. The van der Waals surface area contributed by atoms with Gasteiger partial charge in [-0.1, -0.05) is 12.1 Å². The highest BCUT2D eigenvalue weighted by molar-refractivity contribution is 9.10. The van der Waals surface area contributed by atoms with Gasteiger partial charge in [0.15, 0.2) is 0 Å². The number of furan rings is 1. The van der Waals surface area contributed by atoms with Crippen LogP contribution in [0.25, 0.3) is 0 Å². The van der Waals surface area contributed by atoms with Crippen molar-refractivity contribution in [2.24, 2.45) is 0 Å². The summed E-state index contributed by atoms with van der Waals surface area (Å²) < 4.78 is 6.44.